The van der Waals surface area contributed by atoms with Crippen molar-refractivity contribution in [1.82, 2.24) is 0 Å². The van der Waals surface area contributed by atoms with Gasteiger partial charge in [-0.2, -0.15) is 21.6 Å². The minimum absolute atomic E-state index is 0.223. The quantitative estimate of drug-likeness (QED) is 0.470. The van der Waals surface area contributed by atoms with Gasteiger partial charge in [0.25, 0.3) is 0 Å². The Morgan fingerprint density at radius 1 is 1.23 bits per heavy atom. The van der Waals surface area contributed by atoms with Crippen LogP contribution >= 0.6 is 0 Å². The Labute approximate surface area is 126 Å². The first kappa shape index (κ1) is 16.7. The third kappa shape index (κ3) is 3.73. The summed E-state index contributed by atoms with van der Waals surface area (Å²) in [6, 6.07) is 4.24. The van der Waals surface area contributed by atoms with E-state index in [1.165, 1.54) is 13.2 Å². The molecule has 0 saturated heterocycles. The summed E-state index contributed by atoms with van der Waals surface area (Å²) in [5.74, 6) is 0.105. The molecular formula is C14H15F3O4S. The fourth-order valence-electron chi connectivity index (χ4n) is 2.22. The molecule has 0 unspecified atom stereocenters. The summed E-state index contributed by atoms with van der Waals surface area (Å²) in [6.07, 6.45) is 6.01. The van der Waals surface area contributed by atoms with Crippen molar-refractivity contribution < 1.29 is 30.5 Å². The molecule has 0 aromatic heterocycles. The first-order valence-electron chi connectivity index (χ1n) is 6.55. The number of rotatable bonds is 5. The van der Waals surface area contributed by atoms with E-state index >= 15 is 0 Å². The van der Waals surface area contributed by atoms with E-state index in [-0.39, 0.29) is 17.4 Å². The van der Waals surface area contributed by atoms with Gasteiger partial charge in [-0.05, 0) is 36.8 Å². The highest BCUT2D eigenvalue weighted by Crippen LogP contribution is 2.34. The Morgan fingerprint density at radius 3 is 2.41 bits per heavy atom. The molecule has 0 N–H and O–H groups in total. The molecule has 0 saturated carbocycles. The van der Waals surface area contributed by atoms with Crippen LogP contribution in [0.1, 0.15) is 18.4 Å². The second-order valence-corrected chi connectivity index (χ2v) is 6.51. The summed E-state index contributed by atoms with van der Waals surface area (Å²) in [7, 11) is -4.37. The van der Waals surface area contributed by atoms with Crippen molar-refractivity contribution in [2.45, 2.75) is 24.8 Å². The van der Waals surface area contributed by atoms with Crippen molar-refractivity contribution in [3.63, 3.8) is 0 Å². The van der Waals surface area contributed by atoms with E-state index in [1.54, 1.807) is 6.07 Å². The van der Waals surface area contributed by atoms with E-state index < -0.39 is 15.6 Å². The van der Waals surface area contributed by atoms with Gasteiger partial charge in [-0.25, -0.2) is 0 Å². The van der Waals surface area contributed by atoms with Crippen LogP contribution in [0.25, 0.3) is 0 Å². The van der Waals surface area contributed by atoms with Gasteiger partial charge < -0.3 is 8.92 Å². The average Bonchev–Trinajstić information content (AvgIpc) is 2.92. The molecule has 8 heteroatoms. The van der Waals surface area contributed by atoms with Gasteiger partial charge in [-0.15, -0.1) is 0 Å². The molecule has 0 atom stereocenters. The van der Waals surface area contributed by atoms with E-state index in [1.807, 2.05) is 12.2 Å². The monoisotopic (exact) mass is 336 g/mol. The van der Waals surface area contributed by atoms with Crippen molar-refractivity contribution in [3.8, 4) is 11.5 Å². The average molecular weight is 336 g/mol. The Hall–Kier alpha value is -1.70. The maximum Gasteiger partial charge on any atom is 0.534 e. The standard InChI is InChI=1S/C14H15F3O4S/c1-20-12-7-6-11(8-10-4-2-3-5-10)13(9-12)21-22(18,19)14(15,16)17/h2-3,6-7,9-10H,4-5,8H2,1H3. The molecule has 0 spiro atoms. The zero-order valence-corrected chi connectivity index (χ0v) is 12.6. The molecule has 0 fully saturated rings. The van der Waals surface area contributed by atoms with Gasteiger partial charge in [-0.1, -0.05) is 18.2 Å². The number of ether oxygens (including phenoxy) is 1. The zero-order chi connectivity index (χ0) is 16.4. The van der Waals surface area contributed by atoms with E-state index in [4.69, 9.17) is 4.74 Å². The fourth-order valence-corrected chi connectivity index (χ4v) is 2.71. The highest BCUT2D eigenvalue weighted by atomic mass is 32.2. The van der Waals surface area contributed by atoms with E-state index in [9.17, 15) is 21.6 Å². The lowest BCUT2D eigenvalue weighted by Gasteiger charge is -2.16. The van der Waals surface area contributed by atoms with Crippen molar-refractivity contribution in [2.75, 3.05) is 7.11 Å². The van der Waals surface area contributed by atoms with Crippen molar-refractivity contribution in [1.29, 1.82) is 0 Å². The smallest absolute Gasteiger partial charge is 0.497 e. The third-order valence-electron chi connectivity index (χ3n) is 3.37. The molecule has 0 bridgehead atoms. The number of allylic oxidation sites excluding steroid dienone is 2. The summed E-state index contributed by atoms with van der Waals surface area (Å²) >= 11 is 0. The Morgan fingerprint density at radius 2 is 1.86 bits per heavy atom. The molecule has 0 aliphatic heterocycles. The minimum atomic E-state index is -5.70. The van der Waals surface area contributed by atoms with Gasteiger partial charge in [0.2, 0.25) is 0 Å². The summed E-state index contributed by atoms with van der Waals surface area (Å²) in [5.41, 5.74) is -5.07. The number of hydrogen-bond donors (Lipinski definition) is 0. The number of alkyl halides is 3. The van der Waals surface area contributed by atoms with Crippen LogP contribution < -0.4 is 8.92 Å². The number of halogens is 3. The first-order valence-corrected chi connectivity index (χ1v) is 7.96. The van der Waals surface area contributed by atoms with Crippen LogP contribution in [0, 0.1) is 5.92 Å². The molecule has 2 rings (SSSR count). The molecule has 1 aliphatic rings. The third-order valence-corrected chi connectivity index (χ3v) is 4.34. The van der Waals surface area contributed by atoms with Crippen molar-refractivity contribution in [3.05, 3.63) is 35.9 Å². The Kier molecular flexibility index (Phi) is 4.69. The van der Waals surface area contributed by atoms with Crippen LogP contribution in [0.5, 0.6) is 11.5 Å². The fraction of sp³-hybridized carbons (Fsp3) is 0.429. The van der Waals surface area contributed by atoms with Gasteiger partial charge in [0.1, 0.15) is 11.5 Å². The lowest BCUT2D eigenvalue weighted by Crippen LogP contribution is -2.28. The zero-order valence-electron chi connectivity index (χ0n) is 11.8. The highest BCUT2D eigenvalue weighted by Gasteiger charge is 2.48. The molecule has 1 aromatic rings. The highest BCUT2D eigenvalue weighted by molar-refractivity contribution is 7.88. The van der Waals surface area contributed by atoms with Gasteiger partial charge in [0.15, 0.2) is 0 Å². The molecule has 1 aromatic carbocycles. The van der Waals surface area contributed by atoms with Crippen molar-refractivity contribution >= 4 is 10.1 Å². The Bertz CT molecular complexity index is 657. The SMILES string of the molecule is COc1ccc(CC2CC=CC2)c(OS(=O)(=O)C(F)(F)F)c1. The maximum absolute atomic E-state index is 12.5. The van der Waals surface area contributed by atoms with Gasteiger partial charge in [0.05, 0.1) is 7.11 Å². The lowest BCUT2D eigenvalue weighted by molar-refractivity contribution is -0.0500. The van der Waals surface area contributed by atoms with Gasteiger partial charge in [0, 0.05) is 6.07 Å². The molecule has 22 heavy (non-hydrogen) atoms. The van der Waals surface area contributed by atoms with Crippen LogP contribution in [0.2, 0.25) is 0 Å². The molecule has 0 heterocycles. The molecule has 0 amide bonds. The Balaban J connectivity index is 2.30. The van der Waals surface area contributed by atoms with Crippen LogP contribution in [-0.4, -0.2) is 21.0 Å². The van der Waals surface area contributed by atoms with Crippen molar-refractivity contribution in [2.24, 2.45) is 5.92 Å². The topological polar surface area (TPSA) is 52.6 Å². The number of hydrogen-bond acceptors (Lipinski definition) is 4. The minimum Gasteiger partial charge on any atom is -0.497 e. The van der Waals surface area contributed by atoms with Gasteiger partial charge in [-0.3, -0.25) is 0 Å². The second-order valence-electron chi connectivity index (χ2n) is 4.97. The first-order chi connectivity index (χ1) is 10.2. The normalized spacial score (nSPS) is 16.0. The summed E-state index contributed by atoms with van der Waals surface area (Å²) in [5, 5.41) is 0. The van der Waals surface area contributed by atoms with Crippen LogP contribution in [0.3, 0.4) is 0 Å². The maximum atomic E-state index is 12.5. The van der Waals surface area contributed by atoms with E-state index in [0.29, 0.717) is 12.0 Å². The number of benzene rings is 1. The summed E-state index contributed by atoms with van der Waals surface area (Å²) in [4.78, 5) is 0. The second kappa shape index (κ2) is 6.20. The number of methoxy groups -OCH3 is 1. The van der Waals surface area contributed by atoms with Gasteiger partial charge >= 0.3 is 15.6 Å². The van der Waals surface area contributed by atoms with Crippen LogP contribution in [0.4, 0.5) is 13.2 Å². The predicted octanol–water partition coefficient (Wildman–Crippen LogP) is 3.43. The molecule has 0 radical (unpaired) electrons. The summed E-state index contributed by atoms with van der Waals surface area (Å²) < 4.78 is 69.1. The summed E-state index contributed by atoms with van der Waals surface area (Å²) in [6.45, 7) is 0. The predicted molar refractivity (Wildman–Crippen MR) is 74.2 cm³/mol. The van der Waals surface area contributed by atoms with Crippen LogP contribution in [-0.2, 0) is 16.5 Å². The van der Waals surface area contributed by atoms with E-state index in [0.717, 1.165) is 18.9 Å². The molecule has 4 nitrogen and oxygen atoms in total. The lowest BCUT2D eigenvalue weighted by atomic mass is 9.97. The van der Waals surface area contributed by atoms with E-state index in [2.05, 4.69) is 4.18 Å². The molecule has 122 valence electrons. The van der Waals surface area contributed by atoms with Crippen LogP contribution in [0.15, 0.2) is 30.4 Å². The molecule has 1 aliphatic carbocycles. The largest absolute Gasteiger partial charge is 0.534 e. The molecular weight excluding hydrogens is 321 g/mol.